The second kappa shape index (κ2) is 6.31. The third kappa shape index (κ3) is 3.94. The quantitative estimate of drug-likeness (QED) is 0.934. The Balaban J connectivity index is 2.17. The maximum absolute atomic E-state index is 12.6. The van der Waals surface area contributed by atoms with Crippen LogP contribution >= 0.6 is 0 Å². The highest BCUT2D eigenvalue weighted by atomic mass is 32.2. The van der Waals surface area contributed by atoms with Crippen LogP contribution in [0.4, 0.5) is 18.9 Å². The van der Waals surface area contributed by atoms with Gasteiger partial charge in [0.1, 0.15) is 0 Å². The van der Waals surface area contributed by atoms with Crippen molar-refractivity contribution in [2.24, 2.45) is 0 Å². The molecule has 0 spiro atoms. The molecular formula is C15H12F3NO2S. The fourth-order valence-electron chi connectivity index (χ4n) is 1.77. The number of hydrogen-bond donors (Lipinski definition) is 1. The molecule has 1 atom stereocenters. The van der Waals surface area contributed by atoms with Crippen LogP contribution in [0.3, 0.4) is 0 Å². The van der Waals surface area contributed by atoms with E-state index in [0.29, 0.717) is 4.90 Å². The van der Waals surface area contributed by atoms with Gasteiger partial charge in [0.25, 0.3) is 5.91 Å². The van der Waals surface area contributed by atoms with E-state index in [0.717, 1.165) is 12.1 Å². The number of carbonyl (C=O) groups excluding carboxylic acids is 1. The largest absolute Gasteiger partial charge is 0.416 e. The van der Waals surface area contributed by atoms with E-state index in [1.807, 2.05) is 0 Å². The van der Waals surface area contributed by atoms with Crippen LogP contribution in [0.5, 0.6) is 0 Å². The Morgan fingerprint density at radius 2 is 1.73 bits per heavy atom. The molecule has 0 aliphatic heterocycles. The Morgan fingerprint density at radius 1 is 1.09 bits per heavy atom. The Morgan fingerprint density at radius 3 is 2.27 bits per heavy atom. The van der Waals surface area contributed by atoms with Gasteiger partial charge in [-0.15, -0.1) is 0 Å². The molecule has 0 fully saturated rings. The summed E-state index contributed by atoms with van der Waals surface area (Å²) in [5.74, 6) is -0.534. The molecule has 2 rings (SSSR count). The van der Waals surface area contributed by atoms with E-state index in [-0.39, 0.29) is 11.3 Å². The van der Waals surface area contributed by atoms with Crippen LogP contribution in [0, 0.1) is 0 Å². The van der Waals surface area contributed by atoms with Gasteiger partial charge in [0, 0.05) is 33.2 Å². The lowest BCUT2D eigenvalue weighted by atomic mass is 10.1. The van der Waals surface area contributed by atoms with Gasteiger partial charge >= 0.3 is 6.18 Å². The number of hydrogen-bond acceptors (Lipinski definition) is 2. The highest BCUT2D eigenvalue weighted by Crippen LogP contribution is 2.30. The van der Waals surface area contributed by atoms with Gasteiger partial charge in [0.2, 0.25) is 0 Å². The average molecular weight is 327 g/mol. The fraction of sp³-hybridized carbons (Fsp3) is 0.133. The molecule has 22 heavy (non-hydrogen) atoms. The molecule has 0 aromatic heterocycles. The molecule has 0 bridgehead atoms. The molecule has 116 valence electrons. The van der Waals surface area contributed by atoms with E-state index < -0.39 is 28.4 Å². The van der Waals surface area contributed by atoms with Gasteiger partial charge in [0.05, 0.1) is 5.56 Å². The van der Waals surface area contributed by atoms with Crippen LogP contribution in [0.25, 0.3) is 0 Å². The van der Waals surface area contributed by atoms with Crippen LogP contribution in [0.15, 0.2) is 53.4 Å². The summed E-state index contributed by atoms with van der Waals surface area (Å²) in [6.07, 6.45) is -2.95. The third-order valence-corrected chi connectivity index (χ3v) is 3.83. The van der Waals surface area contributed by atoms with Gasteiger partial charge in [0.15, 0.2) is 0 Å². The minimum Gasteiger partial charge on any atom is -0.322 e. The van der Waals surface area contributed by atoms with Crippen LogP contribution in [-0.2, 0) is 17.0 Å². The molecule has 1 N–H and O–H groups in total. The van der Waals surface area contributed by atoms with Crippen molar-refractivity contribution in [3.8, 4) is 0 Å². The minimum atomic E-state index is -4.46. The molecular weight excluding hydrogens is 315 g/mol. The Kier molecular flexibility index (Phi) is 4.65. The summed E-state index contributed by atoms with van der Waals surface area (Å²) < 4.78 is 49.1. The normalized spacial score (nSPS) is 12.7. The second-order valence-electron chi connectivity index (χ2n) is 4.51. The first kappa shape index (κ1) is 16.2. The molecule has 0 aliphatic carbocycles. The summed E-state index contributed by atoms with van der Waals surface area (Å²) >= 11 is 0. The maximum Gasteiger partial charge on any atom is 0.416 e. The Bertz CT molecular complexity index is 711. The highest BCUT2D eigenvalue weighted by Gasteiger charge is 2.30. The number of carbonyl (C=O) groups is 1. The van der Waals surface area contributed by atoms with Crippen molar-refractivity contribution in [3.63, 3.8) is 0 Å². The van der Waals surface area contributed by atoms with E-state index in [9.17, 15) is 22.2 Å². The molecule has 0 heterocycles. The van der Waals surface area contributed by atoms with Crippen LogP contribution in [-0.4, -0.2) is 16.4 Å². The number of alkyl halides is 3. The van der Waals surface area contributed by atoms with Crippen molar-refractivity contribution in [3.05, 3.63) is 59.7 Å². The van der Waals surface area contributed by atoms with Crippen molar-refractivity contribution < 1.29 is 22.2 Å². The summed E-state index contributed by atoms with van der Waals surface area (Å²) in [4.78, 5) is 12.6. The highest BCUT2D eigenvalue weighted by molar-refractivity contribution is 7.84. The van der Waals surface area contributed by atoms with Crippen molar-refractivity contribution in [1.29, 1.82) is 0 Å². The standard InChI is InChI=1S/C15H12F3NO2S/c1-22(21)13-7-5-10(6-8-13)14(20)19-12-4-2-3-11(9-12)15(16,17)18/h2-9H,1H3,(H,19,20). The van der Waals surface area contributed by atoms with E-state index >= 15 is 0 Å². The Labute approximate surface area is 127 Å². The van der Waals surface area contributed by atoms with Crippen LogP contribution in [0.2, 0.25) is 0 Å². The van der Waals surface area contributed by atoms with Gasteiger partial charge in [-0.2, -0.15) is 13.2 Å². The summed E-state index contributed by atoms with van der Waals surface area (Å²) in [6, 6.07) is 10.4. The van der Waals surface area contributed by atoms with Gasteiger partial charge < -0.3 is 5.32 Å². The molecule has 1 amide bonds. The average Bonchev–Trinajstić information content (AvgIpc) is 2.46. The van der Waals surface area contributed by atoms with Crippen molar-refractivity contribution in [2.75, 3.05) is 11.6 Å². The summed E-state index contributed by atoms with van der Waals surface area (Å²) in [5, 5.41) is 2.40. The predicted molar refractivity (Wildman–Crippen MR) is 78.2 cm³/mol. The predicted octanol–water partition coefficient (Wildman–Crippen LogP) is 3.70. The van der Waals surface area contributed by atoms with Crippen molar-refractivity contribution in [1.82, 2.24) is 0 Å². The van der Waals surface area contributed by atoms with Crippen LogP contribution in [0.1, 0.15) is 15.9 Å². The van der Waals surface area contributed by atoms with Crippen LogP contribution < -0.4 is 5.32 Å². The number of benzene rings is 2. The minimum absolute atomic E-state index is 0.0583. The zero-order valence-electron chi connectivity index (χ0n) is 11.5. The van der Waals surface area contributed by atoms with Gasteiger partial charge in [-0.3, -0.25) is 9.00 Å². The summed E-state index contributed by atoms with van der Waals surface area (Å²) in [6.45, 7) is 0. The van der Waals surface area contributed by atoms with Crippen molar-refractivity contribution in [2.45, 2.75) is 11.1 Å². The molecule has 1 unspecified atom stereocenters. The van der Waals surface area contributed by atoms with Gasteiger partial charge in [-0.25, -0.2) is 0 Å². The first-order valence-corrected chi connectivity index (χ1v) is 7.75. The molecule has 3 nitrogen and oxygen atoms in total. The first-order valence-electron chi connectivity index (χ1n) is 6.19. The molecule has 2 aromatic carbocycles. The maximum atomic E-state index is 12.6. The van der Waals surface area contributed by atoms with E-state index in [4.69, 9.17) is 0 Å². The lowest BCUT2D eigenvalue weighted by Gasteiger charge is -2.10. The third-order valence-electron chi connectivity index (χ3n) is 2.90. The number of anilines is 1. The number of amides is 1. The molecule has 0 aliphatic rings. The lowest BCUT2D eigenvalue weighted by Crippen LogP contribution is -2.13. The molecule has 0 saturated carbocycles. The number of rotatable bonds is 3. The number of nitrogens with one attached hydrogen (secondary N) is 1. The zero-order chi connectivity index (χ0) is 16.3. The van der Waals surface area contributed by atoms with E-state index in [1.54, 1.807) is 0 Å². The molecule has 2 aromatic rings. The first-order chi connectivity index (χ1) is 10.3. The molecule has 7 heteroatoms. The van der Waals surface area contributed by atoms with Crippen molar-refractivity contribution >= 4 is 22.4 Å². The van der Waals surface area contributed by atoms with Gasteiger partial charge in [-0.1, -0.05) is 6.07 Å². The molecule has 0 radical (unpaired) electrons. The SMILES string of the molecule is CS(=O)c1ccc(C(=O)Nc2cccc(C(F)(F)F)c2)cc1. The second-order valence-corrected chi connectivity index (χ2v) is 5.89. The zero-order valence-corrected chi connectivity index (χ0v) is 12.3. The smallest absolute Gasteiger partial charge is 0.322 e. The van der Waals surface area contributed by atoms with E-state index in [1.165, 1.54) is 42.7 Å². The van der Waals surface area contributed by atoms with Gasteiger partial charge in [-0.05, 0) is 42.5 Å². The topological polar surface area (TPSA) is 46.2 Å². The molecule has 0 saturated heterocycles. The Hall–Kier alpha value is -2.15. The fourth-order valence-corrected chi connectivity index (χ4v) is 2.29. The van der Waals surface area contributed by atoms with E-state index in [2.05, 4.69) is 5.32 Å². The summed E-state index contributed by atoms with van der Waals surface area (Å²) in [7, 11) is -1.16. The monoisotopic (exact) mass is 327 g/mol. The lowest BCUT2D eigenvalue weighted by molar-refractivity contribution is -0.137. The number of halogens is 3. The summed E-state index contributed by atoms with van der Waals surface area (Å²) in [5.41, 5.74) is -0.503.